The largest absolute Gasteiger partial charge is 0.365 e. The summed E-state index contributed by atoms with van der Waals surface area (Å²) < 4.78 is 0. The molecule has 80 valence electrons. The summed E-state index contributed by atoms with van der Waals surface area (Å²) in [5.74, 6) is -0.871. The Morgan fingerprint density at radius 1 is 1.67 bits per heavy atom. The number of pyridine rings is 1. The molecule has 0 fully saturated rings. The molecule has 6 nitrogen and oxygen atoms in total. The van der Waals surface area contributed by atoms with Gasteiger partial charge >= 0.3 is 5.82 Å². The van der Waals surface area contributed by atoms with E-state index < -0.39 is 10.8 Å². The van der Waals surface area contributed by atoms with Crippen molar-refractivity contribution in [1.82, 2.24) is 4.98 Å². The Kier molecular flexibility index (Phi) is 3.33. The van der Waals surface area contributed by atoms with Crippen molar-refractivity contribution in [2.24, 2.45) is 5.73 Å². The van der Waals surface area contributed by atoms with E-state index in [0.29, 0.717) is 12.0 Å². The second-order valence-corrected chi connectivity index (χ2v) is 3.07. The Labute approximate surface area is 86.3 Å². The van der Waals surface area contributed by atoms with Crippen LogP contribution in [0.25, 0.3) is 0 Å². The summed E-state index contributed by atoms with van der Waals surface area (Å²) in [7, 11) is 0. The van der Waals surface area contributed by atoms with Crippen LogP contribution in [0.1, 0.15) is 29.3 Å². The second kappa shape index (κ2) is 4.50. The van der Waals surface area contributed by atoms with Crippen molar-refractivity contribution in [3.05, 3.63) is 33.5 Å². The lowest BCUT2D eigenvalue weighted by atomic mass is 10.1. The van der Waals surface area contributed by atoms with Gasteiger partial charge in [-0.1, -0.05) is 13.3 Å². The highest BCUT2D eigenvalue weighted by molar-refractivity contribution is 5.94. The van der Waals surface area contributed by atoms with Crippen molar-refractivity contribution in [2.45, 2.75) is 19.8 Å². The Bertz CT molecular complexity index is 404. The van der Waals surface area contributed by atoms with E-state index in [0.717, 1.165) is 12.6 Å². The van der Waals surface area contributed by atoms with Gasteiger partial charge in [0.2, 0.25) is 0 Å². The SMILES string of the molecule is CCCc1cc([N+](=O)[O-])ncc1C(N)=O. The Hall–Kier alpha value is -1.98. The van der Waals surface area contributed by atoms with Crippen molar-refractivity contribution in [1.29, 1.82) is 0 Å². The number of amides is 1. The predicted octanol–water partition coefficient (Wildman–Crippen LogP) is 1.04. The van der Waals surface area contributed by atoms with Crippen molar-refractivity contribution >= 4 is 11.7 Å². The molecule has 0 saturated heterocycles. The molecule has 2 N–H and O–H groups in total. The van der Waals surface area contributed by atoms with E-state index >= 15 is 0 Å². The smallest absolute Gasteiger partial charge is 0.363 e. The molecule has 0 aliphatic rings. The summed E-state index contributed by atoms with van der Waals surface area (Å²) in [6, 6.07) is 1.30. The summed E-state index contributed by atoms with van der Waals surface area (Å²) in [6.07, 6.45) is 2.51. The maximum Gasteiger partial charge on any atom is 0.363 e. The van der Waals surface area contributed by atoms with Crippen LogP contribution in [0.5, 0.6) is 0 Å². The number of hydrogen-bond acceptors (Lipinski definition) is 4. The minimum absolute atomic E-state index is 0.252. The zero-order valence-corrected chi connectivity index (χ0v) is 8.27. The predicted molar refractivity (Wildman–Crippen MR) is 53.4 cm³/mol. The lowest BCUT2D eigenvalue weighted by molar-refractivity contribution is -0.389. The van der Waals surface area contributed by atoms with Crippen LogP contribution in [0.3, 0.4) is 0 Å². The van der Waals surface area contributed by atoms with Gasteiger partial charge in [0.25, 0.3) is 5.91 Å². The summed E-state index contributed by atoms with van der Waals surface area (Å²) in [4.78, 5) is 24.4. The maximum atomic E-state index is 11.0. The van der Waals surface area contributed by atoms with Crippen LogP contribution < -0.4 is 5.73 Å². The van der Waals surface area contributed by atoms with E-state index in [1.165, 1.54) is 6.07 Å². The number of aryl methyl sites for hydroxylation is 1. The average molecular weight is 209 g/mol. The molecule has 0 spiro atoms. The van der Waals surface area contributed by atoms with E-state index in [4.69, 9.17) is 5.73 Å². The molecule has 0 aromatic carbocycles. The third kappa shape index (κ3) is 2.49. The third-order valence-electron chi connectivity index (χ3n) is 1.95. The van der Waals surface area contributed by atoms with E-state index in [-0.39, 0.29) is 11.4 Å². The molecule has 0 unspecified atom stereocenters. The van der Waals surface area contributed by atoms with Gasteiger partial charge in [0.15, 0.2) is 6.20 Å². The van der Waals surface area contributed by atoms with Crippen LogP contribution in [0.2, 0.25) is 0 Å². The number of primary amides is 1. The normalized spacial score (nSPS) is 9.93. The van der Waals surface area contributed by atoms with Crippen LogP contribution in [0.15, 0.2) is 12.3 Å². The first kappa shape index (κ1) is 11.1. The number of carbonyl (C=O) groups is 1. The molecule has 1 rings (SSSR count). The summed E-state index contributed by atoms with van der Waals surface area (Å²) >= 11 is 0. The van der Waals surface area contributed by atoms with Gasteiger partial charge in [-0.2, -0.15) is 0 Å². The Morgan fingerprint density at radius 3 is 2.80 bits per heavy atom. The lowest BCUT2D eigenvalue weighted by Crippen LogP contribution is -2.14. The monoisotopic (exact) mass is 209 g/mol. The first-order valence-corrected chi connectivity index (χ1v) is 4.49. The van der Waals surface area contributed by atoms with Crippen LogP contribution in [-0.2, 0) is 6.42 Å². The molecule has 1 aromatic rings. The van der Waals surface area contributed by atoms with E-state index in [9.17, 15) is 14.9 Å². The average Bonchev–Trinajstić information content (AvgIpc) is 2.17. The number of nitro groups is 1. The van der Waals surface area contributed by atoms with Gasteiger partial charge in [-0.25, -0.2) is 0 Å². The van der Waals surface area contributed by atoms with Crippen molar-refractivity contribution in [3.63, 3.8) is 0 Å². The first-order valence-electron chi connectivity index (χ1n) is 4.49. The van der Waals surface area contributed by atoms with Crippen LogP contribution >= 0.6 is 0 Å². The highest BCUT2D eigenvalue weighted by atomic mass is 16.6. The Balaban J connectivity index is 3.20. The molecule has 1 aromatic heterocycles. The van der Waals surface area contributed by atoms with Crippen molar-refractivity contribution < 1.29 is 9.72 Å². The minimum atomic E-state index is -0.610. The molecule has 0 radical (unpaired) electrons. The summed E-state index contributed by atoms with van der Waals surface area (Å²) in [5, 5.41) is 10.5. The van der Waals surface area contributed by atoms with Gasteiger partial charge in [-0.15, -0.1) is 0 Å². The topological polar surface area (TPSA) is 99.1 Å². The summed E-state index contributed by atoms with van der Waals surface area (Å²) in [6.45, 7) is 1.91. The third-order valence-corrected chi connectivity index (χ3v) is 1.95. The molecule has 15 heavy (non-hydrogen) atoms. The number of nitrogens with zero attached hydrogens (tertiary/aromatic N) is 2. The van der Waals surface area contributed by atoms with Crippen molar-refractivity contribution in [3.8, 4) is 0 Å². The van der Waals surface area contributed by atoms with E-state index in [1.807, 2.05) is 6.92 Å². The molecule has 0 bridgehead atoms. The second-order valence-electron chi connectivity index (χ2n) is 3.07. The van der Waals surface area contributed by atoms with Crippen molar-refractivity contribution in [2.75, 3.05) is 0 Å². The van der Waals surface area contributed by atoms with E-state index in [1.54, 1.807) is 0 Å². The highest BCUT2D eigenvalue weighted by Gasteiger charge is 2.15. The number of rotatable bonds is 4. The molecule has 6 heteroatoms. The van der Waals surface area contributed by atoms with Gasteiger partial charge < -0.3 is 15.8 Å². The molecule has 0 aliphatic carbocycles. The zero-order chi connectivity index (χ0) is 11.4. The molecule has 1 amide bonds. The van der Waals surface area contributed by atoms with Crippen LogP contribution in [0.4, 0.5) is 5.82 Å². The molecule has 0 atom stereocenters. The first-order chi connectivity index (χ1) is 7.06. The fourth-order valence-corrected chi connectivity index (χ4v) is 1.28. The van der Waals surface area contributed by atoms with Gasteiger partial charge in [0.05, 0.1) is 5.56 Å². The molecule has 0 saturated carbocycles. The van der Waals surface area contributed by atoms with E-state index in [2.05, 4.69) is 4.98 Å². The van der Waals surface area contributed by atoms with Crippen LogP contribution in [0, 0.1) is 10.1 Å². The number of aromatic nitrogens is 1. The fraction of sp³-hybridized carbons (Fsp3) is 0.333. The Morgan fingerprint density at radius 2 is 2.33 bits per heavy atom. The fourth-order valence-electron chi connectivity index (χ4n) is 1.28. The van der Waals surface area contributed by atoms with Gasteiger partial charge in [0.1, 0.15) is 0 Å². The van der Waals surface area contributed by atoms with Gasteiger partial charge in [0, 0.05) is 6.07 Å². The standard InChI is InChI=1S/C9H11N3O3/c1-2-3-6-4-8(12(14)15)11-5-7(6)9(10)13/h4-5H,2-3H2,1H3,(H2,10,13). The molecule has 0 aliphatic heterocycles. The quantitative estimate of drug-likeness (QED) is 0.591. The number of carbonyl (C=O) groups excluding carboxylic acids is 1. The lowest BCUT2D eigenvalue weighted by Gasteiger charge is -2.02. The highest BCUT2D eigenvalue weighted by Crippen LogP contribution is 2.15. The number of hydrogen-bond donors (Lipinski definition) is 1. The van der Waals surface area contributed by atoms with Gasteiger partial charge in [-0.05, 0) is 21.9 Å². The maximum absolute atomic E-state index is 11.0. The molecular formula is C9H11N3O3. The molecule has 1 heterocycles. The zero-order valence-electron chi connectivity index (χ0n) is 8.27. The summed E-state index contributed by atoms with van der Waals surface area (Å²) in [5.41, 5.74) is 5.95. The minimum Gasteiger partial charge on any atom is -0.365 e. The van der Waals surface area contributed by atoms with Crippen LogP contribution in [-0.4, -0.2) is 15.8 Å². The van der Waals surface area contributed by atoms with Gasteiger partial charge in [-0.3, -0.25) is 4.79 Å². The number of nitrogens with two attached hydrogens (primary N) is 1. The molecular weight excluding hydrogens is 198 g/mol.